The number of nitrogens with zero attached hydrogens (tertiary/aromatic N) is 2. The van der Waals surface area contributed by atoms with Crippen molar-refractivity contribution in [3.63, 3.8) is 0 Å². The highest BCUT2D eigenvalue weighted by atomic mass is 32.2. The molecule has 3 rings (SSSR count). The zero-order chi connectivity index (χ0) is 25.0. The van der Waals surface area contributed by atoms with Crippen LogP contribution in [0.2, 0.25) is 0 Å². The summed E-state index contributed by atoms with van der Waals surface area (Å²) in [7, 11) is -3.65. The van der Waals surface area contributed by atoms with Crippen LogP contribution in [0.5, 0.6) is 0 Å². The van der Waals surface area contributed by atoms with E-state index in [1.807, 2.05) is 24.0 Å². The van der Waals surface area contributed by atoms with Crippen LogP contribution >= 0.6 is 0 Å². The Morgan fingerprint density at radius 1 is 0.912 bits per heavy atom. The zero-order valence-electron chi connectivity index (χ0n) is 19.3. The van der Waals surface area contributed by atoms with Gasteiger partial charge in [-0.15, -0.1) is 0 Å². The molecule has 0 radical (unpaired) electrons. The Labute approximate surface area is 198 Å². The van der Waals surface area contributed by atoms with Crippen molar-refractivity contribution in [3.05, 3.63) is 58.7 Å². The fourth-order valence-electron chi connectivity index (χ4n) is 4.05. The van der Waals surface area contributed by atoms with Crippen molar-refractivity contribution in [1.82, 2.24) is 14.5 Å². The molecule has 34 heavy (non-hydrogen) atoms. The molecule has 0 saturated carbocycles. The van der Waals surface area contributed by atoms with E-state index in [9.17, 15) is 26.8 Å². The van der Waals surface area contributed by atoms with Gasteiger partial charge in [0.1, 0.15) is 0 Å². The van der Waals surface area contributed by atoms with E-state index in [1.165, 1.54) is 10.4 Å². The summed E-state index contributed by atoms with van der Waals surface area (Å²) in [5, 5.41) is 4.84. The predicted octanol–water partition coefficient (Wildman–Crippen LogP) is 1.95. The van der Waals surface area contributed by atoms with Crippen LogP contribution in [0.3, 0.4) is 0 Å². The first-order chi connectivity index (χ1) is 16.0. The molecule has 2 aromatic rings. The van der Waals surface area contributed by atoms with Crippen LogP contribution in [0.4, 0.5) is 14.5 Å². The number of anilines is 1. The van der Waals surface area contributed by atoms with Gasteiger partial charge in [0.2, 0.25) is 21.8 Å². The standard InChI is InChI=1S/C23H28F2N4O4S/c1-15-10-16(2)23(17(3)11-15)34(32,33)29-8-6-28(7-9-29)14-22(31)26-13-21(30)27-18-4-5-19(24)20(25)12-18/h4-5,10-12H,6-9,13-14H2,1-3H3,(H,26,31)(H,27,30). The zero-order valence-corrected chi connectivity index (χ0v) is 20.1. The van der Waals surface area contributed by atoms with Crippen molar-refractivity contribution in [2.24, 2.45) is 0 Å². The first-order valence-electron chi connectivity index (χ1n) is 10.8. The van der Waals surface area contributed by atoms with Crippen LogP contribution < -0.4 is 10.6 Å². The summed E-state index contributed by atoms with van der Waals surface area (Å²) in [6, 6.07) is 6.66. The molecular formula is C23H28F2N4O4S. The quantitative estimate of drug-likeness (QED) is 0.613. The summed E-state index contributed by atoms with van der Waals surface area (Å²) in [4.78, 5) is 26.3. The van der Waals surface area contributed by atoms with Gasteiger partial charge in [0.05, 0.1) is 18.0 Å². The number of halogens is 2. The second kappa shape index (κ2) is 10.6. The van der Waals surface area contributed by atoms with Crippen molar-refractivity contribution in [3.8, 4) is 0 Å². The van der Waals surface area contributed by atoms with Gasteiger partial charge in [0, 0.05) is 37.9 Å². The van der Waals surface area contributed by atoms with E-state index in [1.54, 1.807) is 13.8 Å². The lowest BCUT2D eigenvalue weighted by atomic mass is 10.1. The third-order valence-corrected chi connectivity index (χ3v) is 7.76. The van der Waals surface area contributed by atoms with Crippen LogP contribution in [0.25, 0.3) is 0 Å². The summed E-state index contributed by atoms with van der Waals surface area (Å²) < 4.78 is 54.0. The van der Waals surface area contributed by atoms with Gasteiger partial charge in [-0.2, -0.15) is 4.31 Å². The largest absolute Gasteiger partial charge is 0.346 e. The molecule has 1 fully saturated rings. The van der Waals surface area contributed by atoms with Crippen molar-refractivity contribution < 1.29 is 26.8 Å². The third-order valence-electron chi connectivity index (χ3n) is 5.55. The molecule has 0 unspecified atom stereocenters. The lowest BCUT2D eigenvalue weighted by molar-refractivity contribution is -0.125. The maximum Gasteiger partial charge on any atom is 0.243 e. The number of amides is 2. The molecule has 0 bridgehead atoms. The minimum Gasteiger partial charge on any atom is -0.346 e. The molecule has 0 spiro atoms. The SMILES string of the molecule is Cc1cc(C)c(S(=O)(=O)N2CCN(CC(=O)NCC(=O)Nc3ccc(F)c(F)c3)CC2)c(C)c1. The molecule has 0 aromatic heterocycles. The molecule has 1 aliphatic heterocycles. The molecule has 1 heterocycles. The van der Waals surface area contributed by atoms with Crippen molar-refractivity contribution in [2.75, 3.05) is 44.6 Å². The monoisotopic (exact) mass is 494 g/mol. The normalized spacial score (nSPS) is 15.2. The van der Waals surface area contributed by atoms with E-state index < -0.39 is 33.5 Å². The summed E-state index contributed by atoms with van der Waals surface area (Å²) in [5.74, 6) is -3.10. The van der Waals surface area contributed by atoms with Crippen LogP contribution in [0.15, 0.2) is 35.2 Å². The van der Waals surface area contributed by atoms with E-state index in [-0.39, 0.29) is 31.9 Å². The molecular weight excluding hydrogens is 466 g/mol. The van der Waals surface area contributed by atoms with Gasteiger partial charge < -0.3 is 10.6 Å². The maximum atomic E-state index is 13.2. The first-order valence-corrected chi connectivity index (χ1v) is 12.2. The molecule has 184 valence electrons. The van der Waals surface area contributed by atoms with Gasteiger partial charge in [0.25, 0.3) is 0 Å². The van der Waals surface area contributed by atoms with Gasteiger partial charge in [-0.05, 0) is 44.0 Å². The second-order valence-corrected chi connectivity index (χ2v) is 10.2. The topological polar surface area (TPSA) is 98.8 Å². The average molecular weight is 495 g/mol. The molecule has 1 aliphatic rings. The van der Waals surface area contributed by atoms with E-state index in [0.29, 0.717) is 29.1 Å². The van der Waals surface area contributed by atoms with Crippen molar-refractivity contribution >= 4 is 27.5 Å². The highest BCUT2D eigenvalue weighted by Gasteiger charge is 2.31. The molecule has 11 heteroatoms. The summed E-state index contributed by atoms with van der Waals surface area (Å²) in [6.45, 7) is 6.42. The Hall–Kier alpha value is -2.89. The summed E-state index contributed by atoms with van der Waals surface area (Å²) in [5.41, 5.74) is 2.50. The number of piperazine rings is 1. The molecule has 0 atom stereocenters. The Morgan fingerprint density at radius 2 is 1.53 bits per heavy atom. The van der Waals surface area contributed by atoms with E-state index in [4.69, 9.17) is 0 Å². The van der Waals surface area contributed by atoms with Gasteiger partial charge in [0.15, 0.2) is 11.6 Å². The summed E-state index contributed by atoms with van der Waals surface area (Å²) in [6.07, 6.45) is 0. The van der Waals surface area contributed by atoms with E-state index >= 15 is 0 Å². The molecule has 2 aromatic carbocycles. The summed E-state index contributed by atoms with van der Waals surface area (Å²) >= 11 is 0. The minimum atomic E-state index is -3.65. The molecule has 2 amide bonds. The first kappa shape index (κ1) is 25.7. The Balaban J connectivity index is 1.48. The number of sulfonamides is 1. The smallest absolute Gasteiger partial charge is 0.243 e. The van der Waals surface area contributed by atoms with Crippen LogP contribution in [-0.4, -0.2) is 68.7 Å². The van der Waals surface area contributed by atoms with Crippen molar-refractivity contribution in [1.29, 1.82) is 0 Å². The number of hydrogen-bond donors (Lipinski definition) is 2. The van der Waals surface area contributed by atoms with E-state index in [2.05, 4.69) is 10.6 Å². The number of aryl methyl sites for hydroxylation is 3. The Morgan fingerprint density at radius 3 is 2.12 bits per heavy atom. The third kappa shape index (κ3) is 6.16. The Kier molecular flexibility index (Phi) is 8.01. The lowest BCUT2D eigenvalue weighted by Crippen LogP contribution is -2.51. The average Bonchev–Trinajstić information content (AvgIpc) is 2.74. The maximum absolute atomic E-state index is 13.2. The van der Waals surface area contributed by atoms with Gasteiger partial charge in [-0.1, -0.05) is 17.7 Å². The van der Waals surface area contributed by atoms with Gasteiger partial charge >= 0.3 is 0 Å². The second-order valence-electron chi connectivity index (χ2n) is 8.36. The van der Waals surface area contributed by atoms with Crippen LogP contribution in [0, 0.1) is 32.4 Å². The minimum absolute atomic E-state index is 0.00886. The highest BCUT2D eigenvalue weighted by Crippen LogP contribution is 2.26. The fraction of sp³-hybridized carbons (Fsp3) is 0.391. The number of carbonyl (C=O) groups is 2. The number of hydrogen-bond acceptors (Lipinski definition) is 5. The van der Waals surface area contributed by atoms with Crippen molar-refractivity contribution in [2.45, 2.75) is 25.7 Å². The van der Waals surface area contributed by atoms with Gasteiger partial charge in [-0.25, -0.2) is 17.2 Å². The van der Waals surface area contributed by atoms with E-state index in [0.717, 1.165) is 17.7 Å². The number of carbonyl (C=O) groups excluding carboxylic acids is 2. The molecule has 0 aliphatic carbocycles. The van der Waals surface area contributed by atoms with Crippen LogP contribution in [-0.2, 0) is 19.6 Å². The lowest BCUT2D eigenvalue weighted by Gasteiger charge is -2.34. The molecule has 1 saturated heterocycles. The number of nitrogens with one attached hydrogen (secondary N) is 2. The molecule has 2 N–H and O–H groups in total. The van der Waals surface area contributed by atoms with Gasteiger partial charge in [-0.3, -0.25) is 14.5 Å². The van der Waals surface area contributed by atoms with Crippen LogP contribution in [0.1, 0.15) is 16.7 Å². The fourth-order valence-corrected chi connectivity index (χ4v) is 5.88. The number of rotatable bonds is 7. The Bertz CT molecular complexity index is 1170. The number of benzene rings is 2. The predicted molar refractivity (Wildman–Crippen MR) is 124 cm³/mol. The molecule has 8 nitrogen and oxygen atoms in total. The highest BCUT2D eigenvalue weighted by molar-refractivity contribution is 7.89.